The molecular formula is C21H24N+. The first kappa shape index (κ1) is 14.8. The molecule has 1 nitrogen and oxygen atoms in total. The molecule has 112 valence electrons. The summed E-state index contributed by atoms with van der Waals surface area (Å²) in [6, 6.07) is 19.9. The highest BCUT2D eigenvalue weighted by molar-refractivity contribution is 5.78. The molecule has 0 radical (unpaired) electrons. The van der Waals surface area contributed by atoms with Crippen LogP contribution in [0.3, 0.4) is 0 Å². The van der Waals surface area contributed by atoms with Crippen LogP contribution in [-0.2, 0) is 13.5 Å². The highest BCUT2D eigenvalue weighted by Gasteiger charge is 2.15. The zero-order valence-electron chi connectivity index (χ0n) is 13.9. The number of hydrogen-bond acceptors (Lipinski definition) is 0. The summed E-state index contributed by atoms with van der Waals surface area (Å²) in [5.41, 5.74) is 6.61. The van der Waals surface area contributed by atoms with E-state index in [0.29, 0.717) is 5.92 Å². The molecule has 0 bridgehead atoms. The molecule has 0 amide bonds. The minimum absolute atomic E-state index is 0.683. The van der Waals surface area contributed by atoms with E-state index >= 15 is 0 Å². The highest BCUT2D eigenvalue weighted by Crippen LogP contribution is 2.23. The molecule has 0 spiro atoms. The Hall–Kier alpha value is -2.15. The molecule has 0 saturated carbocycles. The summed E-state index contributed by atoms with van der Waals surface area (Å²) >= 11 is 0. The monoisotopic (exact) mass is 290 g/mol. The lowest BCUT2D eigenvalue weighted by Gasteiger charge is -2.08. The van der Waals surface area contributed by atoms with Gasteiger partial charge in [0.1, 0.15) is 7.05 Å². The molecule has 0 atom stereocenters. The largest absolute Gasteiger partial charge is 0.213 e. The molecule has 0 saturated heterocycles. The van der Waals surface area contributed by atoms with Crippen molar-refractivity contribution < 1.29 is 4.57 Å². The van der Waals surface area contributed by atoms with Crippen LogP contribution in [0.4, 0.5) is 0 Å². The lowest BCUT2D eigenvalue weighted by molar-refractivity contribution is -0.633. The topological polar surface area (TPSA) is 3.88 Å². The van der Waals surface area contributed by atoms with Crippen LogP contribution >= 0.6 is 0 Å². The number of aryl methyl sites for hydroxylation is 2. The SMILES string of the molecule is Cc1ccccc1-c1ccc2ccc(CC(C)C)cc2[n+]1C. The van der Waals surface area contributed by atoms with E-state index in [4.69, 9.17) is 0 Å². The molecule has 1 heteroatoms. The molecule has 2 aromatic carbocycles. The van der Waals surface area contributed by atoms with Crippen LogP contribution < -0.4 is 4.57 Å². The van der Waals surface area contributed by atoms with Crippen molar-refractivity contribution in [3.8, 4) is 11.3 Å². The standard InChI is InChI=1S/C21H24N/c1-15(2)13-17-9-10-18-11-12-20(22(4)21(18)14-17)19-8-6-5-7-16(19)3/h5-12,14-15H,13H2,1-4H3/q+1. The van der Waals surface area contributed by atoms with Crippen molar-refractivity contribution in [1.82, 2.24) is 0 Å². The van der Waals surface area contributed by atoms with E-state index in [1.807, 2.05) is 0 Å². The number of fused-ring (bicyclic) bond motifs is 1. The molecule has 0 unspecified atom stereocenters. The van der Waals surface area contributed by atoms with Gasteiger partial charge in [0.25, 0.3) is 0 Å². The Morgan fingerprint density at radius 1 is 0.955 bits per heavy atom. The number of hydrogen-bond donors (Lipinski definition) is 0. The van der Waals surface area contributed by atoms with Crippen LogP contribution in [0.5, 0.6) is 0 Å². The number of benzene rings is 2. The molecule has 0 aliphatic rings. The van der Waals surface area contributed by atoms with Crippen molar-refractivity contribution in [2.75, 3.05) is 0 Å². The third kappa shape index (κ3) is 2.76. The average molecular weight is 290 g/mol. The summed E-state index contributed by atoms with van der Waals surface area (Å²) < 4.78 is 2.32. The third-order valence-electron chi connectivity index (χ3n) is 4.30. The number of aromatic nitrogens is 1. The molecule has 0 aliphatic heterocycles. The van der Waals surface area contributed by atoms with Crippen LogP contribution in [-0.4, -0.2) is 0 Å². The summed E-state index contributed by atoms with van der Waals surface area (Å²) in [6.45, 7) is 6.72. The second-order valence-electron chi connectivity index (χ2n) is 6.58. The maximum absolute atomic E-state index is 2.34. The van der Waals surface area contributed by atoms with E-state index in [2.05, 4.69) is 87.0 Å². The summed E-state index contributed by atoms with van der Waals surface area (Å²) in [6.07, 6.45) is 1.13. The van der Waals surface area contributed by atoms with Gasteiger partial charge in [0, 0.05) is 23.1 Å². The van der Waals surface area contributed by atoms with Gasteiger partial charge >= 0.3 is 0 Å². The van der Waals surface area contributed by atoms with Crippen LogP contribution in [0.25, 0.3) is 22.2 Å². The Bertz CT molecular complexity index is 815. The Kier molecular flexibility index (Phi) is 3.98. The van der Waals surface area contributed by atoms with Crippen LogP contribution in [0.1, 0.15) is 25.0 Å². The van der Waals surface area contributed by atoms with E-state index in [-0.39, 0.29) is 0 Å². The molecule has 22 heavy (non-hydrogen) atoms. The lowest BCUT2D eigenvalue weighted by atomic mass is 10.00. The predicted octanol–water partition coefficient (Wildman–Crippen LogP) is 4.84. The van der Waals surface area contributed by atoms with Gasteiger partial charge in [-0.1, -0.05) is 38.1 Å². The number of pyridine rings is 1. The summed E-state index contributed by atoms with van der Waals surface area (Å²) in [4.78, 5) is 0. The second-order valence-corrected chi connectivity index (χ2v) is 6.58. The van der Waals surface area contributed by atoms with Crippen molar-refractivity contribution >= 4 is 10.9 Å². The molecule has 1 aromatic heterocycles. The summed E-state index contributed by atoms with van der Waals surface area (Å²) in [5.74, 6) is 0.683. The van der Waals surface area contributed by atoms with Crippen molar-refractivity contribution in [1.29, 1.82) is 0 Å². The van der Waals surface area contributed by atoms with Gasteiger partial charge in [0.2, 0.25) is 11.2 Å². The Morgan fingerprint density at radius 3 is 2.41 bits per heavy atom. The fourth-order valence-corrected chi connectivity index (χ4v) is 3.16. The molecule has 0 fully saturated rings. The van der Waals surface area contributed by atoms with Gasteiger partial charge in [-0.25, -0.2) is 0 Å². The summed E-state index contributed by atoms with van der Waals surface area (Å²) in [5, 5.41) is 1.30. The maximum Gasteiger partial charge on any atom is 0.213 e. The molecule has 3 aromatic rings. The van der Waals surface area contributed by atoms with E-state index in [9.17, 15) is 0 Å². The summed E-state index contributed by atoms with van der Waals surface area (Å²) in [7, 11) is 2.17. The maximum atomic E-state index is 2.34. The van der Waals surface area contributed by atoms with Gasteiger partial charge in [0.05, 0.1) is 0 Å². The van der Waals surface area contributed by atoms with Crippen LogP contribution in [0.15, 0.2) is 54.6 Å². The van der Waals surface area contributed by atoms with E-state index < -0.39 is 0 Å². The van der Waals surface area contributed by atoms with Crippen molar-refractivity contribution in [2.24, 2.45) is 13.0 Å². The minimum Gasteiger partial charge on any atom is -0.194 e. The first-order valence-electron chi connectivity index (χ1n) is 8.04. The second kappa shape index (κ2) is 5.92. The molecular weight excluding hydrogens is 266 g/mol. The highest BCUT2D eigenvalue weighted by atomic mass is 14.9. The van der Waals surface area contributed by atoms with E-state index in [0.717, 1.165) is 6.42 Å². The van der Waals surface area contributed by atoms with Gasteiger partial charge in [-0.2, -0.15) is 4.57 Å². The minimum atomic E-state index is 0.683. The van der Waals surface area contributed by atoms with Gasteiger partial charge in [-0.05, 0) is 48.6 Å². The van der Waals surface area contributed by atoms with Crippen LogP contribution in [0.2, 0.25) is 0 Å². The van der Waals surface area contributed by atoms with E-state index in [1.54, 1.807) is 0 Å². The first-order valence-corrected chi connectivity index (χ1v) is 8.04. The fraction of sp³-hybridized carbons (Fsp3) is 0.286. The number of rotatable bonds is 3. The fourth-order valence-electron chi connectivity index (χ4n) is 3.16. The Labute approximate surface area is 133 Å². The smallest absolute Gasteiger partial charge is 0.194 e. The molecule has 0 N–H and O–H groups in total. The van der Waals surface area contributed by atoms with Gasteiger partial charge in [-0.3, -0.25) is 0 Å². The molecule has 3 rings (SSSR count). The first-order chi connectivity index (χ1) is 10.6. The van der Waals surface area contributed by atoms with Gasteiger partial charge in [0.15, 0.2) is 0 Å². The zero-order valence-corrected chi connectivity index (χ0v) is 13.9. The molecule has 0 aliphatic carbocycles. The average Bonchev–Trinajstić information content (AvgIpc) is 2.49. The molecule has 1 heterocycles. The normalized spacial score (nSPS) is 11.3. The third-order valence-corrected chi connectivity index (χ3v) is 4.30. The van der Waals surface area contributed by atoms with Gasteiger partial charge in [-0.15, -0.1) is 0 Å². The van der Waals surface area contributed by atoms with Crippen molar-refractivity contribution in [3.63, 3.8) is 0 Å². The van der Waals surface area contributed by atoms with Crippen LogP contribution in [0, 0.1) is 12.8 Å². The Morgan fingerprint density at radius 2 is 1.68 bits per heavy atom. The zero-order chi connectivity index (χ0) is 15.7. The quantitative estimate of drug-likeness (QED) is 0.608. The predicted molar refractivity (Wildman–Crippen MR) is 93.8 cm³/mol. The van der Waals surface area contributed by atoms with Gasteiger partial charge < -0.3 is 0 Å². The lowest BCUT2D eigenvalue weighted by Crippen LogP contribution is -2.32. The van der Waals surface area contributed by atoms with Crippen molar-refractivity contribution in [2.45, 2.75) is 27.2 Å². The van der Waals surface area contributed by atoms with E-state index in [1.165, 1.54) is 33.3 Å². The van der Waals surface area contributed by atoms with Crippen molar-refractivity contribution in [3.05, 3.63) is 65.7 Å². The Balaban J connectivity index is 2.17. The number of nitrogens with zero attached hydrogens (tertiary/aromatic N) is 1.